The van der Waals surface area contributed by atoms with Crippen LogP contribution in [0.1, 0.15) is 32.7 Å². The highest BCUT2D eigenvalue weighted by molar-refractivity contribution is 5.80. The second kappa shape index (κ2) is 7.84. The molecule has 0 bridgehead atoms. The Morgan fingerprint density at radius 3 is 2.61 bits per heavy atom. The van der Waals surface area contributed by atoms with Gasteiger partial charge >= 0.3 is 6.09 Å². The van der Waals surface area contributed by atoms with Crippen LogP contribution in [0.4, 0.5) is 4.79 Å². The molecule has 2 aromatic heterocycles. The Morgan fingerprint density at radius 2 is 1.89 bits per heavy atom. The molecule has 3 aromatic rings. The van der Waals surface area contributed by atoms with Crippen molar-refractivity contribution in [2.45, 2.75) is 38.8 Å². The van der Waals surface area contributed by atoms with Crippen molar-refractivity contribution in [2.24, 2.45) is 0 Å². The van der Waals surface area contributed by atoms with Gasteiger partial charge < -0.3 is 14.4 Å². The number of carbonyl (C=O) groups is 1. The minimum absolute atomic E-state index is 0.111. The number of amides is 1. The van der Waals surface area contributed by atoms with E-state index in [2.05, 4.69) is 15.1 Å². The smallest absolute Gasteiger partial charge is 0.410 e. The lowest BCUT2D eigenvalue weighted by Crippen LogP contribution is -2.40. The fourth-order valence-electron chi connectivity index (χ4n) is 3.36. The molecule has 0 aliphatic carbocycles. The Kier molecular flexibility index (Phi) is 5.10. The van der Waals surface area contributed by atoms with Gasteiger partial charge in [-0.05, 0) is 38.8 Å². The molecule has 1 aliphatic heterocycles. The van der Waals surface area contributed by atoms with Crippen molar-refractivity contribution >= 4 is 17.1 Å². The molecule has 1 saturated heterocycles. The molecule has 0 saturated carbocycles. The number of piperidine rings is 1. The van der Waals surface area contributed by atoms with Crippen LogP contribution in [0.15, 0.2) is 42.9 Å². The third-order valence-electron chi connectivity index (χ3n) is 4.72. The van der Waals surface area contributed by atoms with Crippen LogP contribution in [0, 0.1) is 0 Å². The zero-order valence-electron chi connectivity index (χ0n) is 16.0. The quantitative estimate of drug-likeness (QED) is 0.684. The molecule has 28 heavy (non-hydrogen) atoms. The Hall–Kier alpha value is -3.16. The van der Waals surface area contributed by atoms with Gasteiger partial charge in [-0.3, -0.25) is 0 Å². The first-order valence-electron chi connectivity index (χ1n) is 9.48. The number of fused-ring (bicyclic) bond motifs is 1. The highest BCUT2D eigenvalue weighted by Gasteiger charge is 2.27. The van der Waals surface area contributed by atoms with Gasteiger partial charge in [-0.15, -0.1) is 0 Å². The van der Waals surface area contributed by atoms with E-state index in [1.54, 1.807) is 11.1 Å². The molecule has 1 aliphatic rings. The van der Waals surface area contributed by atoms with Gasteiger partial charge in [0, 0.05) is 13.1 Å². The monoisotopic (exact) mass is 381 g/mol. The Morgan fingerprint density at radius 1 is 1.14 bits per heavy atom. The summed E-state index contributed by atoms with van der Waals surface area (Å²) < 4.78 is 13.1. The lowest BCUT2D eigenvalue weighted by molar-refractivity contribution is 0.0656. The topological polar surface area (TPSA) is 82.4 Å². The maximum Gasteiger partial charge on any atom is 0.410 e. The number of likely N-dealkylation sites (tertiary alicyclic amines) is 1. The lowest BCUT2D eigenvalue weighted by Gasteiger charge is -2.31. The van der Waals surface area contributed by atoms with Crippen LogP contribution >= 0.6 is 0 Å². The van der Waals surface area contributed by atoms with Crippen molar-refractivity contribution in [2.75, 3.05) is 13.1 Å². The molecule has 8 heteroatoms. The first-order valence-corrected chi connectivity index (χ1v) is 9.48. The summed E-state index contributed by atoms with van der Waals surface area (Å²) in [6.45, 7) is 4.98. The van der Waals surface area contributed by atoms with E-state index in [1.165, 1.54) is 6.33 Å². The number of carbonyl (C=O) groups excluding carboxylic acids is 1. The highest BCUT2D eigenvalue weighted by atomic mass is 16.6. The van der Waals surface area contributed by atoms with E-state index in [9.17, 15) is 4.79 Å². The third kappa shape index (κ3) is 3.76. The van der Waals surface area contributed by atoms with Crippen LogP contribution in [0.3, 0.4) is 0 Å². The minimum atomic E-state index is -0.250. The third-order valence-corrected chi connectivity index (χ3v) is 4.72. The van der Waals surface area contributed by atoms with E-state index < -0.39 is 0 Å². The van der Waals surface area contributed by atoms with Crippen LogP contribution in [0.5, 0.6) is 11.6 Å². The molecule has 1 aromatic carbocycles. The summed E-state index contributed by atoms with van der Waals surface area (Å²) in [5, 5.41) is 5.31. The van der Waals surface area contributed by atoms with E-state index in [0.717, 1.165) is 23.9 Å². The van der Waals surface area contributed by atoms with Crippen LogP contribution in [0.2, 0.25) is 0 Å². The van der Waals surface area contributed by atoms with Gasteiger partial charge in [0.25, 0.3) is 0 Å². The molecule has 146 valence electrons. The summed E-state index contributed by atoms with van der Waals surface area (Å²) in [6, 6.07) is 9.68. The van der Waals surface area contributed by atoms with Gasteiger partial charge in [0.2, 0.25) is 5.88 Å². The predicted molar refractivity (Wildman–Crippen MR) is 103 cm³/mol. The standard InChI is InChI=1S/C20H23N5O3/c1-14(2)27-20(26)24-10-8-15(9-11-24)25-18-17(12-23-25)19(22-13-21-18)28-16-6-4-3-5-7-16/h3-7,12-15H,8-11H2,1-2H3. The number of benzene rings is 1. The second-order valence-corrected chi connectivity index (χ2v) is 7.07. The van der Waals surface area contributed by atoms with E-state index in [-0.39, 0.29) is 18.2 Å². The SMILES string of the molecule is CC(C)OC(=O)N1CCC(n2ncc3c(Oc4ccccc4)ncnc32)CC1. The average Bonchev–Trinajstić information content (AvgIpc) is 3.14. The average molecular weight is 381 g/mol. The van der Waals surface area contributed by atoms with Crippen molar-refractivity contribution in [3.63, 3.8) is 0 Å². The van der Waals surface area contributed by atoms with Crippen LogP contribution < -0.4 is 4.74 Å². The van der Waals surface area contributed by atoms with Crippen LogP contribution in [-0.4, -0.2) is 49.9 Å². The number of ether oxygens (including phenoxy) is 2. The molecule has 0 atom stereocenters. The summed E-state index contributed by atoms with van der Waals surface area (Å²) in [5.74, 6) is 1.20. The summed E-state index contributed by atoms with van der Waals surface area (Å²) >= 11 is 0. The Balaban J connectivity index is 1.50. The molecular weight excluding hydrogens is 358 g/mol. The lowest BCUT2D eigenvalue weighted by atomic mass is 10.1. The molecule has 1 amide bonds. The van der Waals surface area contributed by atoms with Crippen molar-refractivity contribution in [3.05, 3.63) is 42.9 Å². The van der Waals surface area contributed by atoms with Crippen molar-refractivity contribution in [3.8, 4) is 11.6 Å². The van der Waals surface area contributed by atoms with Crippen molar-refractivity contribution in [1.82, 2.24) is 24.6 Å². The van der Waals surface area contributed by atoms with Crippen molar-refractivity contribution in [1.29, 1.82) is 0 Å². The fourth-order valence-corrected chi connectivity index (χ4v) is 3.36. The number of nitrogens with zero attached hydrogens (tertiary/aromatic N) is 5. The number of hydrogen-bond acceptors (Lipinski definition) is 6. The largest absolute Gasteiger partial charge is 0.447 e. The van der Waals surface area contributed by atoms with E-state index >= 15 is 0 Å². The van der Waals surface area contributed by atoms with E-state index in [4.69, 9.17) is 9.47 Å². The Labute approximate surface area is 163 Å². The van der Waals surface area contributed by atoms with Gasteiger partial charge in [-0.25, -0.2) is 19.4 Å². The van der Waals surface area contributed by atoms with E-state index in [0.29, 0.717) is 24.7 Å². The molecule has 8 nitrogen and oxygen atoms in total. The molecule has 0 N–H and O–H groups in total. The molecule has 1 fully saturated rings. The van der Waals surface area contributed by atoms with Gasteiger partial charge in [0.1, 0.15) is 17.5 Å². The van der Waals surface area contributed by atoms with E-state index in [1.807, 2.05) is 48.9 Å². The summed E-state index contributed by atoms with van der Waals surface area (Å²) in [5.41, 5.74) is 0.740. The number of rotatable bonds is 4. The molecule has 0 spiro atoms. The van der Waals surface area contributed by atoms with Gasteiger partial charge in [0.15, 0.2) is 5.65 Å². The molecule has 0 unspecified atom stereocenters. The summed E-state index contributed by atoms with van der Waals surface area (Å²) in [7, 11) is 0. The first-order chi connectivity index (χ1) is 13.6. The molecular formula is C20H23N5O3. The normalized spacial score (nSPS) is 15.2. The van der Waals surface area contributed by atoms with Crippen LogP contribution in [0.25, 0.3) is 11.0 Å². The van der Waals surface area contributed by atoms with Gasteiger partial charge in [0.05, 0.1) is 18.3 Å². The Bertz CT molecular complexity index is 949. The summed E-state index contributed by atoms with van der Waals surface area (Å²) in [6.07, 6.45) is 4.46. The van der Waals surface area contributed by atoms with Crippen molar-refractivity contribution < 1.29 is 14.3 Å². The van der Waals surface area contributed by atoms with Gasteiger partial charge in [-0.2, -0.15) is 5.10 Å². The zero-order chi connectivity index (χ0) is 19.5. The van der Waals surface area contributed by atoms with Crippen LogP contribution in [-0.2, 0) is 4.74 Å². The number of aromatic nitrogens is 4. The molecule has 0 radical (unpaired) electrons. The maximum absolute atomic E-state index is 12.1. The maximum atomic E-state index is 12.1. The zero-order valence-corrected chi connectivity index (χ0v) is 16.0. The fraction of sp³-hybridized carbons (Fsp3) is 0.400. The molecule has 3 heterocycles. The molecule has 4 rings (SSSR count). The number of hydrogen-bond donors (Lipinski definition) is 0. The number of para-hydroxylation sites is 1. The second-order valence-electron chi connectivity index (χ2n) is 7.07. The highest BCUT2D eigenvalue weighted by Crippen LogP contribution is 2.30. The minimum Gasteiger partial charge on any atom is -0.447 e. The predicted octanol–water partition coefficient (Wildman–Crippen LogP) is 3.80. The van der Waals surface area contributed by atoms with Gasteiger partial charge in [-0.1, -0.05) is 18.2 Å². The summed E-state index contributed by atoms with van der Waals surface area (Å²) in [4.78, 5) is 22.5. The first kappa shape index (κ1) is 18.2.